The first-order chi connectivity index (χ1) is 10.0. The Balaban J connectivity index is 2.15. The van der Waals surface area contributed by atoms with Crippen LogP contribution in [0.25, 0.3) is 16.7 Å². The first-order valence-corrected chi connectivity index (χ1v) is 6.41. The van der Waals surface area contributed by atoms with Gasteiger partial charge in [0.2, 0.25) is 0 Å². The number of aliphatic carboxylic acids is 1. The van der Waals surface area contributed by atoms with E-state index in [4.69, 9.17) is 5.11 Å². The van der Waals surface area contributed by atoms with Crippen LogP contribution in [-0.4, -0.2) is 31.2 Å². The molecular formula is C15H13N3O3. The lowest BCUT2D eigenvalue weighted by atomic mass is 10.1. The lowest BCUT2D eigenvalue weighted by Gasteiger charge is -2.08. The summed E-state index contributed by atoms with van der Waals surface area (Å²) in [5, 5.41) is 27.7. The highest BCUT2D eigenvalue weighted by molar-refractivity contribution is 5.74. The second-order valence-electron chi connectivity index (χ2n) is 4.83. The van der Waals surface area contributed by atoms with Crippen LogP contribution in [0.5, 0.6) is 5.75 Å². The summed E-state index contributed by atoms with van der Waals surface area (Å²) in [5.41, 5.74) is 2.97. The summed E-state index contributed by atoms with van der Waals surface area (Å²) in [4.78, 5) is 12.2. The van der Waals surface area contributed by atoms with Crippen molar-refractivity contribution in [1.29, 1.82) is 0 Å². The van der Waals surface area contributed by atoms with E-state index in [0.717, 1.165) is 0 Å². The van der Waals surface area contributed by atoms with Gasteiger partial charge in [0.05, 0.1) is 6.42 Å². The van der Waals surface area contributed by atoms with Crippen LogP contribution in [0.15, 0.2) is 36.4 Å². The number of aromatic hydroxyl groups is 1. The monoisotopic (exact) mass is 283 g/mol. The zero-order valence-electron chi connectivity index (χ0n) is 11.3. The van der Waals surface area contributed by atoms with Crippen molar-refractivity contribution in [2.24, 2.45) is 0 Å². The maximum Gasteiger partial charge on any atom is 0.307 e. The molecular weight excluding hydrogens is 270 g/mol. The number of hydrogen-bond acceptors (Lipinski definition) is 4. The summed E-state index contributed by atoms with van der Waals surface area (Å²) in [6.07, 6.45) is -0.116. The molecule has 0 aliphatic heterocycles. The number of phenolic OH excluding ortho intramolecular Hbond substituents is 1. The van der Waals surface area contributed by atoms with Crippen LogP contribution >= 0.6 is 0 Å². The molecule has 2 N–H and O–H groups in total. The molecule has 6 heteroatoms. The molecule has 0 aliphatic carbocycles. The van der Waals surface area contributed by atoms with Gasteiger partial charge in [-0.25, -0.2) is 0 Å². The second kappa shape index (κ2) is 4.90. The van der Waals surface area contributed by atoms with Gasteiger partial charge in [0.1, 0.15) is 22.5 Å². The van der Waals surface area contributed by atoms with E-state index in [9.17, 15) is 9.90 Å². The Morgan fingerprint density at radius 3 is 2.38 bits per heavy atom. The standard InChI is InChI=1S/C15H13N3O3/c1-9-6-10(8-14(19)20)7-13(15(9)21)18-16-11-4-2-3-5-12(11)17-18/h2-7,21H,8H2,1H3,(H,19,20). The fraction of sp³-hybridized carbons (Fsp3) is 0.133. The predicted molar refractivity (Wildman–Crippen MR) is 76.6 cm³/mol. The maximum atomic E-state index is 10.9. The van der Waals surface area contributed by atoms with Gasteiger partial charge in [-0.15, -0.1) is 15.0 Å². The van der Waals surface area contributed by atoms with Crippen molar-refractivity contribution < 1.29 is 15.0 Å². The third-order valence-electron chi connectivity index (χ3n) is 3.20. The first-order valence-electron chi connectivity index (χ1n) is 6.41. The van der Waals surface area contributed by atoms with Crippen LogP contribution in [0.3, 0.4) is 0 Å². The summed E-state index contributed by atoms with van der Waals surface area (Å²) in [6.45, 7) is 1.72. The second-order valence-corrected chi connectivity index (χ2v) is 4.83. The fourth-order valence-corrected chi connectivity index (χ4v) is 2.23. The molecule has 2 aromatic carbocycles. The Hall–Kier alpha value is -2.89. The summed E-state index contributed by atoms with van der Waals surface area (Å²) in [7, 11) is 0. The number of nitrogens with zero attached hydrogens (tertiary/aromatic N) is 3. The van der Waals surface area contributed by atoms with Gasteiger partial charge in [-0.1, -0.05) is 18.2 Å². The number of fused-ring (bicyclic) bond motifs is 1. The number of carboxylic acids is 1. The molecule has 0 atom stereocenters. The Labute approximate surface area is 120 Å². The number of aryl methyl sites for hydroxylation is 1. The molecule has 0 saturated heterocycles. The topological polar surface area (TPSA) is 88.2 Å². The Kier molecular flexibility index (Phi) is 3.06. The zero-order chi connectivity index (χ0) is 15.0. The highest BCUT2D eigenvalue weighted by Gasteiger charge is 2.13. The normalized spacial score (nSPS) is 10.9. The smallest absolute Gasteiger partial charge is 0.307 e. The van der Waals surface area contributed by atoms with Gasteiger partial charge in [0.15, 0.2) is 0 Å². The van der Waals surface area contributed by atoms with E-state index in [0.29, 0.717) is 27.8 Å². The molecule has 21 heavy (non-hydrogen) atoms. The highest BCUT2D eigenvalue weighted by Crippen LogP contribution is 2.27. The number of aromatic nitrogens is 3. The Morgan fingerprint density at radius 1 is 1.19 bits per heavy atom. The quantitative estimate of drug-likeness (QED) is 0.768. The van der Waals surface area contributed by atoms with E-state index >= 15 is 0 Å². The molecule has 0 bridgehead atoms. The summed E-state index contributed by atoms with van der Waals surface area (Å²) < 4.78 is 0. The largest absolute Gasteiger partial charge is 0.505 e. The maximum absolute atomic E-state index is 10.9. The van der Waals surface area contributed by atoms with E-state index in [1.165, 1.54) is 4.80 Å². The SMILES string of the molecule is Cc1cc(CC(=O)O)cc(-n2nc3ccccc3n2)c1O. The molecule has 1 heterocycles. The van der Waals surface area contributed by atoms with Gasteiger partial charge >= 0.3 is 5.97 Å². The number of carbonyl (C=O) groups is 1. The molecule has 106 valence electrons. The number of hydrogen-bond donors (Lipinski definition) is 2. The van der Waals surface area contributed by atoms with Gasteiger partial charge in [-0.2, -0.15) is 0 Å². The van der Waals surface area contributed by atoms with E-state index in [1.54, 1.807) is 19.1 Å². The predicted octanol–water partition coefficient (Wildman–Crippen LogP) is 2.06. The van der Waals surface area contributed by atoms with Crippen molar-refractivity contribution in [2.75, 3.05) is 0 Å². The molecule has 0 saturated carbocycles. The molecule has 0 fully saturated rings. The summed E-state index contributed by atoms with van der Waals surface area (Å²) >= 11 is 0. The van der Waals surface area contributed by atoms with E-state index in [1.807, 2.05) is 24.3 Å². The van der Waals surface area contributed by atoms with Gasteiger partial charge in [0.25, 0.3) is 0 Å². The zero-order valence-corrected chi connectivity index (χ0v) is 11.3. The average molecular weight is 283 g/mol. The molecule has 3 aromatic rings. The molecule has 1 aromatic heterocycles. The lowest BCUT2D eigenvalue weighted by molar-refractivity contribution is -0.136. The van der Waals surface area contributed by atoms with Crippen molar-refractivity contribution in [2.45, 2.75) is 13.3 Å². The van der Waals surface area contributed by atoms with E-state index in [-0.39, 0.29) is 12.2 Å². The molecule has 0 spiro atoms. The van der Waals surface area contributed by atoms with Crippen LogP contribution in [0, 0.1) is 6.92 Å². The van der Waals surface area contributed by atoms with Crippen LogP contribution in [0.2, 0.25) is 0 Å². The molecule has 0 unspecified atom stereocenters. The molecule has 0 amide bonds. The van der Waals surface area contributed by atoms with Crippen molar-refractivity contribution in [3.05, 3.63) is 47.5 Å². The van der Waals surface area contributed by atoms with Crippen LogP contribution in [-0.2, 0) is 11.2 Å². The fourth-order valence-electron chi connectivity index (χ4n) is 2.23. The minimum absolute atomic E-state index is 0.0458. The minimum atomic E-state index is -0.926. The van der Waals surface area contributed by atoms with Crippen molar-refractivity contribution in [1.82, 2.24) is 15.0 Å². The molecule has 3 rings (SSSR count). The lowest BCUT2D eigenvalue weighted by Crippen LogP contribution is -2.05. The van der Waals surface area contributed by atoms with Crippen LogP contribution in [0.1, 0.15) is 11.1 Å². The molecule has 0 aliphatic rings. The molecule has 6 nitrogen and oxygen atoms in total. The van der Waals surface area contributed by atoms with Crippen LogP contribution in [0.4, 0.5) is 0 Å². The van der Waals surface area contributed by atoms with Gasteiger partial charge in [-0.3, -0.25) is 4.79 Å². The number of phenols is 1. The van der Waals surface area contributed by atoms with E-state index in [2.05, 4.69) is 10.2 Å². The summed E-state index contributed by atoms with van der Waals surface area (Å²) in [5.74, 6) is -0.880. The first kappa shape index (κ1) is 13.1. The Bertz CT molecular complexity index is 806. The van der Waals surface area contributed by atoms with Crippen molar-refractivity contribution in [3.63, 3.8) is 0 Å². The van der Waals surface area contributed by atoms with Gasteiger partial charge in [-0.05, 0) is 36.2 Å². The highest BCUT2D eigenvalue weighted by atomic mass is 16.4. The number of rotatable bonds is 3. The van der Waals surface area contributed by atoms with Gasteiger partial charge < -0.3 is 10.2 Å². The summed E-state index contributed by atoms with van der Waals surface area (Å²) in [6, 6.07) is 10.6. The number of benzene rings is 2. The van der Waals surface area contributed by atoms with Gasteiger partial charge in [0, 0.05) is 0 Å². The van der Waals surface area contributed by atoms with E-state index < -0.39 is 5.97 Å². The Morgan fingerprint density at radius 2 is 1.81 bits per heavy atom. The minimum Gasteiger partial charge on any atom is -0.505 e. The molecule has 0 radical (unpaired) electrons. The van der Waals surface area contributed by atoms with Crippen molar-refractivity contribution >= 4 is 17.0 Å². The van der Waals surface area contributed by atoms with Crippen molar-refractivity contribution in [3.8, 4) is 11.4 Å². The third-order valence-corrected chi connectivity index (χ3v) is 3.20. The number of carboxylic acid groups (broad SMARTS) is 1. The average Bonchev–Trinajstić information content (AvgIpc) is 2.85. The van der Waals surface area contributed by atoms with Crippen LogP contribution < -0.4 is 0 Å². The third kappa shape index (κ3) is 2.43.